The van der Waals surface area contributed by atoms with Crippen molar-refractivity contribution in [1.82, 2.24) is 0 Å². The molecule has 0 amide bonds. The van der Waals surface area contributed by atoms with Crippen LogP contribution in [-0.2, 0) is 19.2 Å². The normalized spacial score (nSPS) is 17.0. The summed E-state index contributed by atoms with van der Waals surface area (Å²) in [5.74, 6) is 0. The van der Waals surface area contributed by atoms with Gasteiger partial charge >= 0.3 is 191 Å². The van der Waals surface area contributed by atoms with E-state index in [1.165, 1.54) is 69.3 Å². The molecule has 0 saturated heterocycles. The Balaban J connectivity index is 0.00000240. The third-order valence-corrected chi connectivity index (χ3v) is 12.4. The molecule has 0 nitrogen and oxygen atoms in total. The number of fused-ring (bicyclic) bond motifs is 1. The van der Waals surface area contributed by atoms with Gasteiger partial charge in [0.1, 0.15) is 0 Å². The van der Waals surface area contributed by atoms with E-state index in [9.17, 15) is 0 Å². The molecule has 4 heteroatoms. The van der Waals surface area contributed by atoms with Crippen molar-refractivity contribution in [3.8, 4) is 0 Å². The fourth-order valence-electron chi connectivity index (χ4n) is 4.56. The Bertz CT molecular complexity index is 773. The number of allylic oxidation sites excluding steroid dienone is 5. The maximum atomic E-state index is 2.64. The number of unbranched alkanes of at least 4 members (excludes halogenated alkanes) is 3. The van der Waals surface area contributed by atoms with Gasteiger partial charge < -0.3 is 24.8 Å². The van der Waals surface area contributed by atoms with E-state index < -0.39 is 0 Å². The van der Waals surface area contributed by atoms with Crippen molar-refractivity contribution >= 4 is 14.0 Å². The molecule has 1 aromatic carbocycles. The fraction of sp³-hybridized carbons (Fsp3) is 0.556. The van der Waals surface area contributed by atoms with Gasteiger partial charge in [-0.15, -0.1) is 0 Å². The third-order valence-electron chi connectivity index (χ3n) is 6.39. The quantitative estimate of drug-likeness (QED) is 0.298. The number of halogens is 2. The zero-order valence-electron chi connectivity index (χ0n) is 19.8. The summed E-state index contributed by atoms with van der Waals surface area (Å²) in [5, 5.41) is 1.87. The molecule has 2 aliphatic rings. The van der Waals surface area contributed by atoms with Crippen LogP contribution in [-0.4, -0.2) is 12.3 Å². The monoisotopic (exact) mass is 512 g/mol. The van der Waals surface area contributed by atoms with E-state index >= 15 is 0 Å². The van der Waals surface area contributed by atoms with Crippen LogP contribution in [0.5, 0.6) is 0 Å². The number of hydrogen-bond acceptors (Lipinski definition) is 0. The topological polar surface area (TPSA) is 0 Å². The molecule has 0 bridgehead atoms. The minimum absolute atomic E-state index is 0. The van der Waals surface area contributed by atoms with Crippen molar-refractivity contribution in [2.75, 3.05) is 12.3 Å². The van der Waals surface area contributed by atoms with E-state index in [0.29, 0.717) is 0 Å². The summed E-state index contributed by atoms with van der Waals surface area (Å²) < 4.78 is 2.63. The van der Waals surface area contributed by atoms with Crippen LogP contribution in [0, 0.1) is 0 Å². The maximum absolute atomic E-state index is 2.64. The van der Waals surface area contributed by atoms with Gasteiger partial charge in [-0.1, -0.05) is 0 Å². The van der Waals surface area contributed by atoms with Gasteiger partial charge in [0.05, 0.1) is 0 Å². The van der Waals surface area contributed by atoms with Gasteiger partial charge in [-0.2, -0.15) is 0 Å². The Hall–Kier alpha value is 0.164. The van der Waals surface area contributed by atoms with Gasteiger partial charge in [0.15, 0.2) is 0 Å². The molecule has 170 valence electrons. The van der Waals surface area contributed by atoms with E-state index in [1.54, 1.807) is 16.7 Å². The number of benzene rings is 1. The average molecular weight is 513 g/mol. The van der Waals surface area contributed by atoms with Crippen molar-refractivity contribution in [3.05, 3.63) is 61.8 Å². The van der Waals surface area contributed by atoms with E-state index in [0.717, 1.165) is 4.22 Å². The van der Waals surface area contributed by atoms with Gasteiger partial charge in [-0.25, -0.2) is 0 Å². The minimum Gasteiger partial charge on any atom is -1.00 e. The zero-order valence-corrected chi connectivity index (χ0v) is 23.8. The molecule has 2 aliphatic carbocycles. The van der Waals surface area contributed by atoms with Crippen LogP contribution in [0.25, 0.3) is 6.08 Å². The van der Waals surface area contributed by atoms with E-state index in [1.807, 2.05) is 9.19 Å². The molecule has 0 aliphatic heterocycles. The largest absolute Gasteiger partial charge is 1.00 e. The molecule has 0 aromatic heterocycles. The number of hydrogen-bond donors (Lipinski definition) is 0. The molecule has 1 unspecified atom stereocenters. The Morgan fingerprint density at radius 2 is 1.58 bits per heavy atom. The van der Waals surface area contributed by atoms with Crippen LogP contribution in [0.1, 0.15) is 94.4 Å². The van der Waals surface area contributed by atoms with Crippen molar-refractivity contribution in [1.29, 1.82) is 0 Å². The molecule has 3 rings (SSSR count). The average Bonchev–Trinajstić information content (AvgIpc) is 3.27. The van der Waals surface area contributed by atoms with Crippen LogP contribution in [0.15, 0.2) is 50.7 Å². The zero-order chi connectivity index (χ0) is 20.6. The number of rotatable bonds is 12. The molecule has 0 fully saturated rings. The maximum Gasteiger partial charge on any atom is -1.00 e. The Morgan fingerprint density at radius 1 is 0.935 bits per heavy atom. The van der Waals surface area contributed by atoms with Crippen molar-refractivity contribution < 1.29 is 44.0 Å². The molecule has 0 saturated carbocycles. The molecule has 1 aromatic rings. The predicted molar refractivity (Wildman–Crippen MR) is 129 cm³/mol. The molecule has 1 atom stereocenters. The van der Waals surface area contributed by atoms with Gasteiger partial charge in [-0.3, -0.25) is 0 Å². The van der Waals surface area contributed by atoms with E-state index in [-0.39, 0.29) is 51.9 Å². The first-order valence-electron chi connectivity index (χ1n) is 11.9. The van der Waals surface area contributed by atoms with Gasteiger partial charge in [-0.05, 0) is 0 Å². The van der Waals surface area contributed by atoms with Crippen LogP contribution in [0.2, 0.25) is 0 Å². The minimum atomic E-state index is -0.156. The molecule has 0 radical (unpaired) electrons. The second-order valence-electron chi connectivity index (χ2n) is 8.62. The Kier molecular flexibility index (Phi) is 14.3. The summed E-state index contributed by atoms with van der Waals surface area (Å²) in [6, 6.07) is 9.34. The van der Waals surface area contributed by atoms with Crippen molar-refractivity contribution in [2.45, 2.75) is 83.3 Å². The molecular formula is C27H39Cl2PTi. The van der Waals surface area contributed by atoms with Crippen molar-refractivity contribution in [2.24, 2.45) is 0 Å². The van der Waals surface area contributed by atoms with E-state index in [4.69, 9.17) is 0 Å². The van der Waals surface area contributed by atoms with E-state index in [2.05, 4.69) is 64.1 Å². The van der Waals surface area contributed by atoms with Crippen LogP contribution < -0.4 is 24.8 Å². The summed E-state index contributed by atoms with van der Waals surface area (Å²) in [6.07, 6.45) is 18.8. The SMILES string of the molecule is CCCCC1=[C]([Ti+2][CH]2C(P(CCCC)CCCC)=Cc3ccccc32)CC=C1C.[Cl-].[Cl-]. The smallest absolute Gasteiger partial charge is 1.00 e. The molecule has 0 N–H and O–H groups in total. The third kappa shape index (κ3) is 7.59. The summed E-state index contributed by atoms with van der Waals surface area (Å²) >= 11 is -0.156. The molecular weight excluding hydrogens is 474 g/mol. The van der Waals surface area contributed by atoms with Gasteiger partial charge in [0, 0.05) is 0 Å². The van der Waals surface area contributed by atoms with Gasteiger partial charge in [0.2, 0.25) is 0 Å². The fourth-order valence-corrected chi connectivity index (χ4v) is 11.3. The summed E-state index contributed by atoms with van der Waals surface area (Å²) in [6.45, 7) is 9.40. The Labute approximate surface area is 214 Å². The summed E-state index contributed by atoms with van der Waals surface area (Å²) in [7, 11) is 0.0370. The first-order valence-corrected chi connectivity index (χ1v) is 15.3. The first kappa shape index (κ1) is 29.2. The summed E-state index contributed by atoms with van der Waals surface area (Å²) in [4.78, 5) is 0. The first-order chi connectivity index (χ1) is 14.2. The predicted octanol–water partition coefficient (Wildman–Crippen LogP) is 3.05. The van der Waals surface area contributed by atoms with Crippen LogP contribution >= 0.6 is 7.92 Å². The standard InChI is InChI=1S/C17H24P.C10H15.2ClH.Ti/c1-3-5-11-18(12-6-4-2)17-13-15-9-7-8-10-16(15)14-17;1-3-4-7-10-8-5-6-9(10)2;;;/h7-10,13-14H,3-6,11-12H2,1-2H3;6H,3-5,7H2,1-2H3;2*1H;/q;;;;+2/p-2. The van der Waals surface area contributed by atoms with Gasteiger partial charge in [0.25, 0.3) is 0 Å². The molecule has 31 heavy (non-hydrogen) atoms. The van der Waals surface area contributed by atoms with Crippen molar-refractivity contribution in [3.63, 3.8) is 0 Å². The van der Waals surface area contributed by atoms with Crippen LogP contribution in [0.4, 0.5) is 0 Å². The van der Waals surface area contributed by atoms with Crippen LogP contribution in [0.3, 0.4) is 0 Å². The Morgan fingerprint density at radius 3 is 2.23 bits per heavy atom. The second-order valence-corrected chi connectivity index (χ2v) is 13.4. The molecule has 0 heterocycles. The summed E-state index contributed by atoms with van der Waals surface area (Å²) in [5.41, 5.74) is 6.54. The second kappa shape index (κ2) is 15.1. The molecule has 0 spiro atoms.